The van der Waals surface area contributed by atoms with Crippen LogP contribution in [0.4, 0.5) is 11.9 Å². The number of anilines is 2. The topological polar surface area (TPSA) is 89.2 Å². The van der Waals surface area contributed by atoms with Crippen LogP contribution in [0.15, 0.2) is 0 Å². The fourth-order valence-electron chi connectivity index (χ4n) is 0.982. The molecule has 1 rings (SSSR count). The summed E-state index contributed by atoms with van der Waals surface area (Å²) >= 11 is 0. The van der Waals surface area contributed by atoms with E-state index in [1.54, 1.807) is 7.05 Å². The summed E-state index contributed by atoms with van der Waals surface area (Å²) in [6.07, 6.45) is 0.974. The molecule has 0 saturated heterocycles. The van der Waals surface area contributed by atoms with Crippen LogP contribution >= 0.6 is 0 Å². The van der Waals surface area contributed by atoms with Gasteiger partial charge in [0.15, 0.2) is 0 Å². The summed E-state index contributed by atoms with van der Waals surface area (Å²) < 4.78 is 4.98. The summed E-state index contributed by atoms with van der Waals surface area (Å²) in [5.41, 5.74) is 0. The molecule has 0 aliphatic rings. The molecule has 0 aliphatic heterocycles. The van der Waals surface area contributed by atoms with E-state index < -0.39 is 0 Å². The third-order valence-electron chi connectivity index (χ3n) is 2.09. The number of hydrazine groups is 1. The first-order valence-corrected chi connectivity index (χ1v) is 5.11. The summed E-state index contributed by atoms with van der Waals surface area (Å²) in [7, 11) is 3.16. The van der Waals surface area contributed by atoms with Crippen LogP contribution in [0, 0.1) is 0 Å². The van der Waals surface area contributed by atoms with Gasteiger partial charge in [-0.2, -0.15) is 15.0 Å². The van der Waals surface area contributed by atoms with Gasteiger partial charge in [0.05, 0.1) is 7.11 Å². The maximum atomic E-state index is 5.57. The highest BCUT2D eigenvalue weighted by Gasteiger charge is 2.09. The number of methoxy groups -OCH3 is 1. The van der Waals surface area contributed by atoms with Gasteiger partial charge in [-0.05, 0) is 13.3 Å². The van der Waals surface area contributed by atoms with Crippen LogP contribution in [0.1, 0.15) is 20.3 Å². The molecule has 0 aliphatic carbocycles. The van der Waals surface area contributed by atoms with Crippen molar-refractivity contribution in [3.63, 3.8) is 0 Å². The zero-order chi connectivity index (χ0) is 12.1. The zero-order valence-electron chi connectivity index (χ0n) is 10.1. The van der Waals surface area contributed by atoms with E-state index in [1.165, 1.54) is 12.1 Å². The highest BCUT2D eigenvalue weighted by Crippen LogP contribution is 2.12. The van der Waals surface area contributed by atoms with Gasteiger partial charge in [0.1, 0.15) is 0 Å². The summed E-state index contributed by atoms with van der Waals surface area (Å²) in [5, 5.41) is 4.45. The molecule has 1 heterocycles. The average Bonchev–Trinajstić information content (AvgIpc) is 2.28. The summed E-state index contributed by atoms with van der Waals surface area (Å²) in [6.45, 7) is 4.12. The molecule has 0 spiro atoms. The van der Waals surface area contributed by atoms with Gasteiger partial charge in [-0.3, -0.25) is 5.01 Å². The van der Waals surface area contributed by atoms with Crippen molar-refractivity contribution in [1.82, 2.24) is 15.0 Å². The Kier molecular flexibility index (Phi) is 4.24. The maximum absolute atomic E-state index is 5.57. The second kappa shape index (κ2) is 5.45. The van der Waals surface area contributed by atoms with Crippen molar-refractivity contribution in [1.29, 1.82) is 0 Å². The number of nitrogens with two attached hydrogens (primary N) is 1. The smallest absolute Gasteiger partial charge is 0.322 e. The van der Waals surface area contributed by atoms with E-state index in [1.807, 2.05) is 6.92 Å². The predicted molar refractivity (Wildman–Crippen MR) is 62.3 cm³/mol. The number of rotatable bonds is 5. The Morgan fingerprint density at radius 3 is 2.62 bits per heavy atom. The van der Waals surface area contributed by atoms with Crippen molar-refractivity contribution in [2.75, 3.05) is 24.5 Å². The van der Waals surface area contributed by atoms with E-state index in [0.717, 1.165) is 6.42 Å². The number of nitrogens with zero attached hydrogens (tertiary/aromatic N) is 4. The van der Waals surface area contributed by atoms with E-state index in [9.17, 15) is 0 Å². The first kappa shape index (κ1) is 12.4. The molecule has 7 nitrogen and oxygen atoms in total. The van der Waals surface area contributed by atoms with Gasteiger partial charge in [0.25, 0.3) is 0 Å². The molecule has 0 amide bonds. The molecule has 0 saturated carbocycles. The lowest BCUT2D eigenvalue weighted by molar-refractivity contribution is 0.378. The van der Waals surface area contributed by atoms with Crippen LogP contribution in [0.3, 0.4) is 0 Å². The number of hydrogen-bond donors (Lipinski definition) is 2. The lowest BCUT2D eigenvalue weighted by Gasteiger charge is -2.14. The molecule has 90 valence electrons. The SMILES string of the molecule is CCC(C)Nc1nc(OC)nc(N(C)N)n1. The molecular formula is C9H18N6O. The summed E-state index contributed by atoms with van der Waals surface area (Å²) in [6, 6.07) is 0.524. The van der Waals surface area contributed by atoms with Gasteiger partial charge < -0.3 is 10.1 Å². The molecule has 1 atom stereocenters. The minimum Gasteiger partial charge on any atom is -0.467 e. The minimum atomic E-state index is 0.244. The summed E-state index contributed by atoms with van der Waals surface area (Å²) in [4.78, 5) is 12.2. The quantitative estimate of drug-likeness (QED) is 0.555. The van der Waals surface area contributed by atoms with Crippen molar-refractivity contribution >= 4 is 11.9 Å². The average molecular weight is 226 g/mol. The Balaban J connectivity index is 2.95. The number of ether oxygens (including phenoxy) is 1. The molecule has 7 heteroatoms. The number of aromatic nitrogens is 3. The minimum absolute atomic E-state index is 0.244. The van der Waals surface area contributed by atoms with Crippen molar-refractivity contribution < 1.29 is 4.74 Å². The Hall–Kier alpha value is -1.63. The largest absolute Gasteiger partial charge is 0.467 e. The highest BCUT2D eigenvalue weighted by atomic mass is 16.5. The monoisotopic (exact) mass is 226 g/mol. The predicted octanol–water partition coefficient (Wildman–Crippen LogP) is 0.400. The lowest BCUT2D eigenvalue weighted by atomic mass is 10.3. The fourth-order valence-corrected chi connectivity index (χ4v) is 0.982. The second-order valence-corrected chi connectivity index (χ2v) is 3.51. The van der Waals surface area contributed by atoms with Crippen LogP contribution in [-0.4, -0.2) is 35.2 Å². The van der Waals surface area contributed by atoms with Crippen molar-refractivity contribution in [2.24, 2.45) is 5.84 Å². The first-order valence-electron chi connectivity index (χ1n) is 5.11. The first-order chi connectivity index (χ1) is 7.56. The number of nitrogens with one attached hydrogen (secondary N) is 1. The third kappa shape index (κ3) is 3.20. The van der Waals surface area contributed by atoms with Crippen molar-refractivity contribution in [3.8, 4) is 6.01 Å². The van der Waals surface area contributed by atoms with Crippen LogP contribution in [-0.2, 0) is 0 Å². The van der Waals surface area contributed by atoms with Crippen LogP contribution in [0.2, 0.25) is 0 Å². The normalized spacial score (nSPS) is 12.1. The lowest BCUT2D eigenvalue weighted by Crippen LogP contribution is -2.28. The van der Waals surface area contributed by atoms with Crippen molar-refractivity contribution in [2.45, 2.75) is 26.3 Å². The maximum Gasteiger partial charge on any atom is 0.322 e. The molecule has 1 aromatic rings. The second-order valence-electron chi connectivity index (χ2n) is 3.51. The molecule has 1 aromatic heterocycles. The van der Waals surface area contributed by atoms with Gasteiger partial charge in [0, 0.05) is 13.1 Å². The van der Waals surface area contributed by atoms with Crippen molar-refractivity contribution in [3.05, 3.63) is 0 Å². The third-order valence-corrected chi connectivity index (χ3v) is 2.09. The Bertz CT molecular complexity index is 343. The van der Waals surface area contributed by atoms with Crippen LogP contribution in [0.5, 0.6) is 6.01 Å². The van der Waals surface area contributed by atoms with Crippen LogP contribution in [0.25, 0.3) is 0 Å². The molecule has 1 unspecified atom stereocenters. The highest BCUT2D eigenvalue weighted by molar-refractivity contribution is 5.36. The zero-order valence-corrected chi connectivity index (χ0v) is 10.1. The van der Waals surface area contributed by atoms with E-state index in [2.05, 4.69) is 27.2 Å². The molecule has 0 bridgehead atoms. The van der Waals surface area contributed by atoms with E-state index >= 15 is 0 Å². The fraction of sp³-hybridized carbons (Fsp3) is 0.667. The van der Waals surface area contributed by atoms with Gasteiger partial charge in [-0.15, -0.1) is 0 Å². The van der Waals surface area contributed by atoms with Gasteiger partial charge in [-0.25, -0.2) is 5.84 Å². The Morgan fingerprint density at radius 2 is 2.12 bits per heavy atom. The van der Waals surface area contributed by atoms with Gasteiger partial charge >= 0.3 is 6.01 Å². The van der Waals surface area contributed by atoms with E-state index in [4.69, 9.17) is 10.6 Å². The Labute approximate surface area is 95.0 Å². The number of hydrogen-bond acceptors (Lipinski definition) is 7. The van der Waals surface area contributed by atoms with Gasteiger partial charge in [0.2, 0.25) is 11.9 Å². The molecule has 3 N–H and O–H groups in total. The van der Waals surface area contributed by atoms with E-state index in [0.29, 0.717) is 11.9 Å². The molecule has 0 aromatic carbocycles. The molecule has 0 fully saturated rings. The molecule has 0 radical (unpaired) electrons. The standard InChI is InChI=1S/C9H18N6O/c1-5-6(2)11-7-12-8(15(3)10)14-9(13-7)16-4/h6H,5,10H2,1-4H3,(H,11,12,13,14). The van der Waals surface area contributed by atoms with Gasteiger partial charge in [-0.1, -0.05) is 6.92 Å². The van der Waals surface area contributed by atoms with Crippen LogP contribution < -0.4 is 20.9 Å². The molecular weight excluding hydrogens is 208 g/mol. The summed E-state index contributed by atoms with van der Waals surface area (Å²) in [5.74, 6) is 6.39. The molecule has 16 heavy (non-hydrogen) atoms. The van der Waals surface area contributed by atoms with E-state index in [-0.39, 0.29) is 12.1 Å². The Morgan fingerprint density at radius 1 is 1.44 bits per heavy atom.